The summed E-state index contributed by atoms with van der Waals surface area (Å²) in [6.07, 6.45) is 5.13. The summed E-state index contributed by atoms with van der Waals surface area (Å²) in [6.45, 7) is 14.4. The van der Waals surface area contributed by atoms with Gasteiger partial charge in [0.1, 0.15) is 0 Å². The SMILES string of the molecule is CCCC(C)C1(CNC(C)(C)C)CCCOC1. The standard InChI is InChI=1S/C15H31NO/c1-6-8-13(2)15(9-7-10-17-12-15)11-16-14(3,4)5/h13,16H,6-12H2,1-5H3. The van der Waals surface area contributed by atoms with Crippen LogP contribution in [-0.4, -0.2) is 25.3 Å². The van der Waals surface area contributed by atoms with Gasteiger partial charge in [0, 0.05) is 24.1 Å². The Labute approximate surface area is 108 Å². The fourth-order valence-corrected chi connectivity index (χ4v) is 2.76. The molecule has 1 heterocycles. The van der Waals surface area contributed by atoms with E-state index >= 15 is 0 Å². The number of ether oxygens (including phenoxy) is 1. The molecule has 2 unspecified atom stereocenters. The van der Waals surface area contributed by atoms with Gasteiger partial charge in [0.05, 0.1) is 6.61 Å². The number of nitrogens with one attached hydrogen (secondary N) is 1. The van der Waals surface area contributed by atoms with Crippen molar-refractivity contribution in [1.29, 1.82) is 0 Å². The summed E-state index contributed by atoms with van der Waals surface area (Å²) in [5.41, 5.74) is 0.567. The third-order valence-electron chi connectivity index (χ3n) is 4.09. The van der Waals surface area contributed by atoms with Gasteiger partial charge >= 0.3 is 0 Å². The van der Waals surface area contributed by atoms with Gasteiger partial charge < -0.3 is 10.1 Å². The maximum Gasteiger partial charge on any atom is 0.0537 e. The van der Waals surface area contributed by atoms with E-state index in [1.165, 1.54) is 25.7 Å². The molecule has 0 aromatic heterocycles. The Kier molecular flexibility index (Phi) is 5.46. The first-order chi connectivity index (χ1) is 7.90. The summed E-state index contributed by atoms with van der Waals surface area (Å²) in [5.74, 6) is 0.752. The zero-order chi connectivity index (χ0) is 12.9. The van der Waals surface area contributed by atoms with Gasteiger partial charge in [-0.2, -0.15) is 0 Å². The van der Waals surface area contributed by atoms with Gasteiger partial charge in [-0.25, -0.2) is 0 Å². The van der Waals surface area contributed by atoms with E-state index in [2.05, 4.69) is 39.9 Å². The van der Waals surface area contributed by atoms with E-state index in [0.29, 0.717) is 5.41 Å². The quantitative estimate of drug-likeness (QED) is 0.794. The van der Waals surface area contributed by atoms with Crippen LogP contribution in [0.3, 0.4) is 0 Å². The van der Waals surface area contributed by atoms with Crippen LogP contribution in [0.25, 0.3) is 0 Å². The first kappa shape index (κ1) is 15.0. The first-order valence-electron chi connectivity index (χ1n) is 7.22. The van der Waals surface area contributed by atoms with Crippen molar-refractivity contribution < 1.29 is 4.74 Å². The lowest BCUT2D eigenvalue weighted by atomic mass is 9.70. The molecule has 0 aromatic carbocycles. The Hall–Kier alpha value is -0.0800. The van der Waals surface area contributed by atoms with E-state index in [9.17, 15) is 0 Å². The van der Waals surface area contributed by atoms with Crippen LogP contribution < -0.4 is 5.32 Å². The second-order valence-electron chi connectivity index (χ2n) is 6.81. The van der Waals surface area contributed by atoms with Crippen LogP contribution in [0.4, 0.5) is 0 Å². The molecule has 102 valence electrons. The Morgan fingerprint density at radius 2 is 2.06 bits per heavy atom. The van der Waals surface area contributed by atoms with Crippen LogP contribution >= 0.6 is 0 Å². The van der Waals surface area contributed by atoms with Gasteiger partial charge in [-0.1, -0.05) is 26.7 Å². The van der Waals surface area contributed by atoms with Gasteiger partial charge in [0.15, 0.2) is 0 Å². The molecule has 2 atom stereocenters. The second kappa shape index (κ2) is 6.19. The summed E-state index contributed by atoms with van der Waals surface area (Å²) in [7, 11) is 0. The molecular weight excluding hydrogens is 210 g/mol. The summed E-state index contributed by atoms with van der Waals surface area (Å²) in [6, 6.07) is 0. The maximum atomic E-state index is 5.78. The van der Waals surface area contributed by atoms with Gasteiger partial charge in [-0.3, -0.25) is 0 Å². The first-order valence-corrected chi connectivity index (χ1v) is 7.22. The molecule has 0 bridgehead atoms. The summed E-state index contributed by atoms with van der Waals surface area (Å²) in [4.78, 5) is 0. The zero-order valence-corrected chi connectivity index (χ0v) is 12.4. The van der Waals surface area contributed by atoms with Crippen molar-refractivity contribution in [2.75, 3.05) is 19.8 Å². The minimum absolute atomic E-state index is 0.205. The van der Waals surface area contributed by atoms with Crippen molar-refractivity contribution in [2.24, 2.45) is 11.3 Å². The van der Waals surface area contributed by atoms with Gasteiger partial charge in [-0.15, -0.1) is 0 Å². The molecule has 1 aliphatic rings. The van der Waals surface area contributed by atoms with Crippen molar-refractivity contribution in [3.05, 3.63) is 0 Å². The Balaban J connectivity index is 2.64. The third kappa shape index (κ3) is 4.59. The lowest BCUT2D eigenvalue weighted by Gasteiger charge is -2.44. The Bertz CT molecular complexity index is 213. The van der Waals surface area contributed by atoms with Crippen LogP contribution in [-0.2, 0) is 4.74 Å². The van der Waals surface area contributed by atoms with Crippen LogP contribution in [0, 0.1) is 11.3 Å². The largest absolute Gasteiger partial charge is 0.381 e. The highest BCUT2D eigenvalue weighted by molar-refractivity contribution is 4.90. The molecular formula is C15H31NO. The van der Waals surface area contributed by atoms with Crippen LogP contribution in [0.15, 0.2) is 0 Å². The second-order valence-corrected chi connectivity index (χ2v) is 6.81. The topological polar surface area (TPSA) is 21.3 Å². The minimum Gasteiger partial charge on any atom is -0.381 e. The number of hydrogen-bond donors (Lipinski definition) is 1. The Morgan fingerprint density at radius 1 is 1.35 bits per heavy atom. The molecule has 1 fully saturated rings. The van der Waals surface area contributed by atoms with E-state index in [1.807, 2.05) is 0 Å². The van der Waals surface area contributed by atoms with Crippen molar-refractivity contribution in [3.8, 4) is 0 Å². The minimum atomic E-state index is 0.205. The van der Waals surface area contributed by atoms with Crippen LogP contribution in [0.2, 0.25) is 0 Å². The van der Waals surface area contributed by atoms with E-state index in [0.717, 1.165) is 25.7 Å². The van der Waals surface area contributed by atoms with Crippen molar-refractivity contribution in [2.45, 2.75) is 65.8 Å². The van der Waals surface area contributed by atoms with E-state index < -0.39 is 0 Å². The highest BCUT2D eigenvalue weighted by atomic mass is 16.5. The molecule has 0 spiro atoms. The summed E-state index contributed by atoms with van der Waals surface area (Å²) >= 11 is 0. The lowest BCUT2D eigenvalue weighted by Crippen LogP contribution is -2.50. The van der Waals surface area contributed by atoms with E-state index in [4.69, 9.17) is 4.74 Å². The predicted octanol–water partition coefficient (Wildman–Crippen LogP) is 3.61. The molecule has 0 radical (unpaired) electrons. The molecule has 17 heavy (non-hydrogen) atoms. The summed E-state index contributed by atoms with van der Waals surface area (Å²) < 4.78 is 5.78. The molecule has 0 saturated carbocycles. The highest BCUT2D eigenvalue weighted by Gasteiger charge is 2.38. The van der Waals surface area contributed by atoms with Gasteiger partial charge in [0.2, 0.25) is 0 Å². The molecule has 1 rings (SSSR count). The van der Waals surface area contributed by atoms with E-state index in [-0.39, 0.29) is 5.54 Å². The van der Waals surface area contributed by atoms with Gasteiger partial charge in [-0.05, 0) is 39.5 Å². The predicted molar refractivity (Wildman–Crippen MR) is 74.3 cm³/mol. The highest BCUT2D eigenvalue weighted by Crippen LogP contribution is 2.38. The summed E-state index contributed by atoms with van der Waals surface area (Å²) in [5, 5.41) is 3.69. The average Bonchev–Trinajstić information content (AvgIpc) is 2.27. The van der Waals surface area contributed by atoms with Crippen molar-refractivity contribution >= 4 is 0 Å². The van der Waals surface area contributed by atoms with E-state index in [1.54, 1.807) is 0 Å². The Morgan fingerprint density at radius 3 is 2.53 bits per heavy atom. The van der Waals surface area contributed by atoms with Crippen molar-refractivity contribution in [3.63, 3.8) is 0 Å². The molecule has 0 aliphatic carbocycles. The van der Waals surface area contributed by atoms with Crippen LogP contribution in [0.1, 0.15) is 60.3 Å². The normalized spacial score (nSPS) is 28.1. The monoisotopic (exact) mass is 241 g/mol. The lowest BCUT2D eigenvalue weighted by molar-refractivity contribution is -0.0423. The number of hydrogen-bond acceptors (Lipinski definition) is 2. The molecule has 2 nitrogen and oxygen atoms in total. The smallest absolute Gasteiger partial charge is 0.0537 e. The van der Waals surface area contributed by atoms with Crippen molar-refractivity contribution in [1.82, 2.24) is 5.32 Å². The number of rotatable bonds is 5. The zero-order valence-electron chi connectivity index (χ0n) is 12.4. The fourth-order valence-electron chi connectivity index (χ4n) is 2.76. The molecule has 0 amide bonds. The molecule has 0 aromatic rings. The third-order valence-corrected chi connectivity index (χ3v) is 4.09. The van der Waals surface area contributed by atoms with Crippen LogP contribution in [0.5, 0.6) is 0 Å². The maximum absolute atomic E-state index is 5.78. The fraction of sp³-hybridized carbons (Fsp3) is 1.00. The molecule has 2 heteroatoms. The van der Waals surface area contributed by atoms with Gasteiger partial charge in [0.25, 0.3) is 0 Å². The molecule has 1 saturated heterocycles. The molecule has 1 aliphatic heterocycles. The molecule has 1 N–H and O–H groups in total. The average molecular weight is 241 g/mol.